The number of fused-ring (bicyclic) bond motifs is 1. The van der Waals surface area contributed by atoms with Crippen LogP contribution in [0.3, 0.4) is 0 Å². The number of thiophene rings is 1. The fraction of sp³-hybridized carbons (Fsp3) is 0.0909. The highest BCUT2D eigenvalue weighted by Crippen LogP contribution is 2.32. The minimum Gasteiger partial charge on any atom is -0.475 e. The highest BCUT2D eigenvalue weighted by atomic mass is 32.1. The van der Waals surface area contributed by atoms with Crippen molar-refractivity contribution in [1.29, 1.82) is 0 Å². The molecular formula is C22H16F3N3O3S. The maximum absolute atomic E-state index is 12.7. The van der Waals surface area contributed by atoms with Crippen LogP contribution >= 0.6 is 11.3 Å². The fourth-order valence-electron chi connectivity index (χ4n) is 2.74. The number of carboxylic acid groups (broad SMARTS) is 1. The number of alkyl halides is 3. The smallest absolute Gasteiger partial charge is 0.475 e. The van der Waals surface area contributed by atoms with Gasteiger partial charge < -0.3 is 5.11 Å². The van der Waals surface area contributed by atoms with Gasteiger partial charge in [0.05, 0.1) is 10.1 Å². The Labute approximate surface area is 183 Å². The number of rotatable bonds is 3. The summed E-state index contributed by atoms with van der Waals surface area (Å²) in [7, 11) is 1.69. The van der Waals surface area contributed by atoms with E-state index in [4.69, 9.17) is 9.90 Å². The molecule has 0 saturated carbocycles. The summed E-state index contributed by atoms with van der Waals surface area (Å²) >= 11 is 1.55. The standard InChI is InChI=1S/C20H15N3OS.C2HF3O2/c1-23-20(24)17-16(8-7-14-5-3-2-4-6-14)13-25-19(17)18(22-23)15-9-11-21-12-10-15;3-2(4,5)1(6)7/h2-13H,1H3;(H,6,7). The Hall–Kier alpha value is -3.79. The molecule has 0 fully saturated rings. The molecule has 10 heteroatoms. The minimum absolute atomic E-state index is 0.0817. The van der Waals surface area contributed by atoms with E-state index in [1.54, 1.807) is 30.8 Å². The van der Waals surface area contributed by atoms with Crippen LogP contribution in [-0.2, 0) is 11.8 Å². The van der Waals surface area contributed by atoms with E-state index in [2.05, 4.69) is 10.1 Å². The molecule has 0 bridgehead atoms. The number of carbonyl (C=O) groups is 1. The van der Waals surface area contributed by atoms with Crippen molar-refractivity contribution < 1.29 is 23.1 Å². The molecule has 0 radical (unpaired) electrons. The monoisotopic (exact) mass is 459 g/mol. The van der Waals surface area contributed by atoms with Crippen LogP contribution in [0.1, 0.15) is 11.1 Å². The second-order valence-electron chi connectivity index (χ2n) is 6.46. The lowest BCUT2D eigenvalue weighted by atomic mass is 10.1. The molecule has 1 aromatic carbocycles. The van der Waals surface area contributed by atoms with Gasteiger partial charge in [-0.15, -0.1) is 11.3 Å². The minimum atomic E-state index is -5.08. The Morgan fingerprint density at radius 2 is 1.72 bits per heavy atom. The van der Waals surface area contributed by atoms with Gasteiger partial charge >= 0.3 is 12.1 Å². The average molecular weight is 459 g/mol. The molecule has 0 aliphatic heterocycles. The van der Waals surface area contributed by atoms with Crippen molar-refractivity contribution in [3.63, 3.8) is 0 Å². The van der Waals surface area contributed by atoms with Gasteiger partial charge in [-0.05, 0) is 28.6 Å². The summed E-state index contributed by atoms with van der Waals surface area (Å²) in [5.74, 6) is -2.76. The molecule has 4 aromatic rings. The number of hydrogen-bond acceptors (Lipinski definition) is 5. The van der Waals surface area contributed by atoms with Gasteiger partial charge in [-0.3, -0.25) is 9.78 Å². The summed E-state index contributed by atoms with van der Waals surface area (Å²) < 4.78 is 34.0. The average Bonchev–Trinajstić information content (AvgIpc) is 3.20. The van der Waals surface area contributed by atoms with Crippen LogP contribution in [0, 0.1) is 0 Å². The summed E-state index contributed by atoms with van der Waals surface area (Å²) in [6, 6.07) is 13.9. The first-order valence-corrected chi connectivity index (χ1v) is 9.98. The molecule has 4 rings (SSSR count). The van der Waals surface area contributed by atoms with E-state index in [0.29, 0.717) is 5.39 Å². The van der Waals surface area contributed by atoms with Crippen LogP contribution < -0.4 is 5.56 Å². The van der Waals surface area contributed by atoms with Crippen molar-refractivity contribution in [2.75, 3.05) is 0 Å². The van der Waals surface area contributed by atoms with E-state index < -0.39 is 12.1 Å². The van der Waals surface area contributed by atoms with E-state index in [9.17, 15) is 18.0 Å². The van der Waals surface area contributed by atoms with Gasteiger partial charge in [-0.2, -0.15) is 18.3 Å². The number of carboxylic acids is 1. The molecule has 0 saturated heterocycles. The zero-order chi connectivity index (χ0) is 23.3. The zero-order valence-corrected chi connectivity index (χ0v) is 17.4. The molecule has 6 nitrogen and oxygen atoms in total. The molecule has 0 spiro atoms. The van der Waals surface area contributed by atoms with Crippen LogP contribution in [0.5, 0.6) is 0 Å². The molecule has 164 valence electrons. The van der Waals surface area contributed by atoms with Crippen molar-refractivity contribution in [3.8, 4) is 11.3 Å². The summed E-state index contributed by atoms with van der Waals surface area (Å²) in [5, 5.41) is 14.3. The van der Waals surface area contributed by atoms with Gasteiger partial charge in [0.15, 0.2) is 0 Å². The number of nitrogens with zero attached hydrogens (tertiary/aromatic N) is 3. The number of aryl methyl sites for hydroxylation is 1. The molecule has 3 heterocycles. The Kier molecular flexibility index (Phi) is 6.84. The van der Waals surface area contributed by atoms with Crippen LogP contribution in [-0.4, -0.2) is 32.0 Å². The van der Waals surface area contributed by atoms with Crippen LogP contribution in [0.15, 0.2) is 65.0 Å². The number of aromatic nitrogens is 3. The molecule has 3 aromatic heterocycles. The molecule has 1 N–H and O–H groups in total. The lowest BCUT2D eigenvalue weighted by molar-refractivity contribution is -0.192. The quantitative estimate of drug-likeness (QED) is 0.473. The Balaban J connectivity index is 0.000000360. The highest BCUT2D eigenvalue weighted by Gasteiger charge is 2.38. The lowest BCUT2D eigenvalue weighted by Gasteiger charge is -2.05. The summed E-state index contributed by atoms with van der Waals surface area (Å²) in [6.07, 6.45) is 2.40. The Morgan fingerprint density at radius 1 is 1.09 bits per heavy atom. The van der Waals surface area contributed by atoms with Gasteiger partial charge in [0.25, 0.3) is 5.56 Å². The van der Waals surface area contributed by atoms with Crippen molar-refractivity contribution >= 4 is 39.5 Å². The summed E-state index contributed by atoms with van der Waals surface area (Å²) in [4.78, 5) is 25.6. The van der Waals surface area contributed by atoms with Gasteiger partial charge in [-0.1, -0.05) is 42.5 Å². The second kappa shape index (κ2) is 9.56. The zero-order valence-electron chi connectivity index (χ0n) is 16.6. The van der Waals surface area contributed by atoms with Gasteiger partial charge in [-0.25, -0.2) is 9.48 Å². The SMILES string of the molecule is Cn1nc(-c2ccncc2)c2scc(C=Cc3ccccc3)c2c1=O.O=C(O)C(F)(F)F. The van der Waals surface area contributed by atoms with E-state index in [1.807, 2.05) is 60.0 Å². The van der Waals surface area contributed by atoms with E-state index in [-0.39, 0.29) is 5.56 Å². The predicted octanol–water partition coefficient (Wildman–Crippen LogP) is 4.86. The van der Waals surface area contributed by atoms with Gasteiger partial charge in [0.1, 0.15) is 5.69 Å². The summed E-state index contributed by atoms with van der Waals surface area (Å²) in [6.45, 7) is 0. The first kappa shape index (κ1) is 22.9. The molecule has 0 unspecified atom stereocenters. The maximum atomic E-state index is 12.7. The molecule has 32 heavy (non-hydrogen) atoms. The lowest BCUT2D eigenvalue weighted by Crippen LogP contribution is -2.21. The van der Waals surface area contributed by atoms with Crippen molar-refractivity contribution in [3.05, 3.63) is 81.7 Å². The van der Waals surface area contributed by atoms with E-state index >= 15 is 0 Å². The largest absolute Gasteiger partial charge is 0.490 e. The topological polar surface area (TPSA) is 85.1 Å². The molecule has 0 aliphatic carbocycles. The van der Waals surface area contributed by atoms with Gasteiger partial charge in [0.2, 0.25) is 0 Å². The Bertz CT molecular complexity index is 1310. The molecule has 0 aliphatic rings. The van der Waals surface area contributed by atoms with Crippen molar-refractivity contribution in [2.24, 2.45) is 7.05 Å². The van der Waals surface area contributed by atoms with Crippen LogP contribution in [0.4, 0.5) is 13.2 Å². The molecule has 0 amide bonds. The molecule has 0 atom stereocenters. The van der Waals surface area contributed by atoms with Crippen LogP contribution in [0.25, 0.3) is 33.5 Å². The third-order valence-electron chi connectivity index (χ3n) is 4.24. The van der Waals surface area contributed by atoms with E-state index in [0.717, 1.165) is 27.1 Å². The highest BCUT2D eigenvalue weighted by molar-refractivity contribution is 7.18. The number of hydrogen-bond donors (Lipinski definition) is 1. The van der Waals surface area contributed by atoms with Crippen LogP contribution in [0.2, 0.25) is 0 Å². The number of benzene rings is 1. The van der Waals surface area contributed by atoms with Crippen molar-refractivity contribution in [1.82, 2.24) is 14.8 Å². The van der Waals surface area contributed by atoms with E-state index in [1.165, 1.54) is 4.68 Å². The Morgan fingerprint density at radius 3 is 2.31 bits per heavy atom. The number of pyridine rings is 1. The second-order valence-corrected chi connectivity index (χ2v) is 7.34. The number of halogens is 3. The normalized spacial score (nSPS) is 11.4. The third kappa shape index (κ3) is 5.27. The fourth-order valence-corrected chi connectivity index (χ4v) is 3.77. The third-order valence-corrected chi connectivity index (χ3v) is 5.25. The number of aliphatic carboxylic acids is 1. The van der Waals surface area contributed by atoms with Gasteiger partial charge in [0, 0.05) is 25.0 Å². The summed E-state index contributed by atoms with van der Waals surface area (Å²) in [5.41, 5.74) is 3.70. The predicted molar refractivity (Wildman–Crippen MR) is 117 cm³/mol. The maximum Gasteiger partial charge on any atom is 0.490 e. The first-order valence-electron chi connectivity index (χ1n) is 9.10. The molecular weight excluding hydrogens is 443 g/mol. The first-order chi connectivity index (χ1) is 15.2. The van der Waals surface area contributed by atoms with Crippen molar-refractivity contribution in [2.45, 2.75) is 6.18 Å².